The second-order valence-corrected chi connectivity index (χ2v) is 6.25. The fourth-order valence-corrected chi connectivity index (χ4v) is 3.37. The van der Waals surface area contributed by atoms with Gasteiger partial charge in [-0.1, -0.05) is 30.3 Å². The topological polar surface area (TPSA) is 61.8 Å². The molecular formula is C19H21FN2O3. The van der Waals surface area contributed by atoms with E-state index < -0.39 is 5.97 Å². The van der Waals surface area contributed by atoms with Gasteiger partial charge in [-0.05, 0) is 29.3 Å². The molecule has 0 unspecified atom stereocenters. The van der Waals surface area contributed by atoms with Crippen molar-refractivity contribution in [1.82, 2.24) is 10.4 Å². The summed E-state index contributed by atoms with van der Waals surface area (Å²) in [7, 11) is 1.29. The molecule has 0 amide bonds. The van der Waals surface area contributed by atoms with Gasteiger partial charge in [-0.3, -0.25) is 4.90 Å². The highest BCUT2D eigenvalue weighted by Gasteiger charge is 2.35. The standard InChI is InChI=1S/C19H21FN2O3/c1-25-19(23)14-7-8-17(20)15(9-14)16-11-22(12-18(16)21-24)10-13-5-3-2-4-6-13/h2-9,16,18,21,24H,10-12H2,1H3/t16-,18+/m1/s1. The molecule has 1 fully saturated rings. The molecule has 0 radical (unpaired) electrons. The Bertz CT molecular complexity index is 739. The van der Waals surface area contributed by atoms with Crippen LogP contribution in [0.4, 0.5) is 4.39 Å². The summed E-state index contributed by atoms with van der Waals surface area (Å²) in [6.07, 6.45) is 0. The van der Waals surface area contributed by atoms with Crippen molar-refractivity contribution in [2.45, 2.75) is 18.5 Å². The monoisotopic (exact) mass is 344 g/mol. The number of carbonyl (C=O) groups excluding carboxylic acids is 1. The Kier molecular flexibility index (Phi) is 5.43. The molecule has 25 heavy (non-hydrogen) atoms. The van der Waals surface area contributed by atoms with Crippen molar-refractivity contribution in [3.63, 3.8) is 0 Å². The van der Waals surface area contributed by atoms with Gasteiger partial charge in [0.25, 0.3) is 0 Å². The summed E-state index contributed by atoms with van der Waals surface area (Å²) in [4.78, 5) is 13.9. The van der Waals surface area contributed by atoms with Crippen molar-refractivity contribution in [1.29, 1.82) is 0 Å². The number of esters is 1. The number of hydroxylamine groups is 1. The molecule has 0 saturated carbocycles. The van der Waals surface area contributed by atoms with E-state index in [1.807, 2.05) is 30.3 Å². The first-order chi connectivity index (χ1) is 12.1. The molecule has 1 saturated heterocycles. The first-order valence-electron chi connectivity index (χ1n) is 8.16. The lowest BCUT2D eigenvalue weighted by Crippen LogP contribution is -2.33. The van der Waals surface area contributed by atoms with Gasteiger partial charge in [0.2, 0.25) is 0 Å². The first kappa shape index (κ1) is 17.5. The molecule has 2 aromatic rings. The Balaban J connectivity index is 1.82. The van der Waals surface area contributed by atoms with Gasteiger partial charge >= 0.3 is 5.97 Å². The number of rotatable bonds is 5. The molecule has 1 aliphatic heterocycles. The van der Waals surface area contributed by atoms with Crippen molar-refractivity contribution in [3.8, 4) is 0 Å². The van der Waals surface area contributed by atoms with E-state index in [1.165, 1.54) is 25.3 Å². The molecule has 1 heterocycles. The van der Waals surface area contributed by atoms with Gasteiger partial charge in [0.15, 0.2) is 0 Å². The summed E-state index contributed by atoms with van der Waals surface area (Å²) in [5.41, 5.74) is 4.16. The molecule has 5 nitrogen and oxygen atoms in total. The summed E-state index contributed by atoms with van der Waals surface area (Å²) in [5, 5.41) is 9.51. The predicted molar refractivity (Wildman–Crippen MR) is 90.9 cm³/mol. The summed E-state index contributed by atoms with van der Waals surface area (Å²) in [6, 6.07) is 13.9. The van der Waals surface area contributed by atoms with Crippen LogP contribution in [0.2, 0.25) is 0 Å². The molecule has 2 N–H and O–H groups in total. The lowest BCUT2D eigenvalue weighted by atomic mass is 9.93. The average molecular weight is 344 g/mol. The van der Waals surface area contributed by atoms with Gasteiger partial charge < -0.3 is 9.94 Å². The third-order valence-electron chi connectivity index (χ3n) is 4.63. The fourth-order valence-electron chi connectivity index (χ4n) is 3.37. The number of carbonyl (C=O) groups is 1. The Hall–Kier alpha value is -2.28. The largest absolute Gasteiger partial charge is 0.465 e. The summed E-state index contributed by atoms with van der Waals surface area (Å²) in [6.45, 7) is 1.88. The van der Waals surface area contributed by atoms with Crippen LogP contribution in [-0.2, 0) is 11.3 Å². The molecule has 0 bridgehead atoms. The van der Waals surface area contributed by atoms with E-state index in [2.05, 4.69) is 10.4 Å². The maximum Gasteiger partial charge on any atom is 0.337 e. The van der Waals surface area contributed by atoms with Gasteiger partial charge in [0.05, 0.1) is 18.7 Å². The number of ether oxygens (including phenoxy) is 1. The summed E-state index contributed by atoms with van der Waals surface area (Å²) < 4.78 is 19.1. The Morgan fingerprint density at radius 3 is 2.72 bits per heavy atom. The minimum atomic E-state index is -0.506. The SMILES string of the molecule is COC(=O)c1ccc(F)c([C@H]2CN(Cc3ccccc3)C[C@@H]2NO)c1. The molecule has 2 aromatic carbocycles. The van der Waals surface area contributed by atoms with Crippen LogP contribution in [0.25, 0.3) is 0 Å². The zero-order valence-corrected chi connectivity index (χ0v) is 14.0. The maximum absolute atomic E-state index is 14.4. The minimum Gasteiger partial charge on any atom is -0.465 e. The third kappa shape index (κ3) is 3.87. The van der Waals surface area contributed by atoms with E-state index in [1.54, 1.807) is 0 Å². The molecule has 6 heteroatoms. The second kappa shape index (κ2) is 7.74. The molecule has 132 valence electrons. The molecular weight excluding hydrogens is 323 g/mol. The van der Waals surface area contributed by atoms with Gasteiger partial charge in [0.1, 0.15) is 5.82 Å². The Labute approximate surface area is 146 Å². The van der Waals surface area contributed by atoms with Crippen LogP contribution in [0.3, 0.4) is 0 Å². The van der Waals surface area contributed by atoms with Gasteiger partial charge in [-0.15, -0.1) is 0 Å². The second-order valence-electron chi connectivity index (χ2n) is 6.25. The quantitative estimate of drug-likeness (QED) is 0.645. The zero-order valence-electron chi connectivity index (χ0n) is 14.0. The smallest absolute Gasteiger partial charge is 0.337 e. The lowest BCUT2D eigenvalue weighted by molar-refractivity contribution is 0.0600. The normalized spacial score (nSPS) is 20.6. The van der Waals surface area contributed by atoms with Crippen molar-refractivity contribution in [2.75, 3.05) is 20.2 Å². The first-order valence-corrected chi connectivity index (χ1v) is 8.16. The average Bonchev–Trinajstić information content (AvgIpc) is 3.05. The van der Waals surface area contributed by atoms with E-state index in [-0.39, 0.29) is 17.8 Å². The molecule has 0 aromatic heterocycles. The van der Waals surface area contributed by atoms with E-state index in [4.69, 9.17) is 4.74 Å². The van der Waals surface area contributed by atoms with Crippen molar-refractivity contribution < 1.29 is 19.1 Å². The molecule has 1 aliphatic rings. The van der Waals surface area contributed by atoms with Gasteiger partial charge in [-0.25, -0.2) is 14.7 Å². The van der Waals surface area contributed by atoms with Crippen LogP contribution in [-0.4, -0.2) is 42.3 Å². The Morgan fingerprint density at radius 1 is 1.28 bits per heavy atom. The fraction of sp³-hybridized carbons (Fsp3) is 0.316. The molecule has 2 atom stereocenters. The number of hydrogen-bond donors (Lipinski definition) is 2. The van der Waals surface area contributed by atoms with Gasteiger partial charge in [0, 0.05) is 25.6 Å². The number of halogens is 1. The number of nitrogens with one attached hydrogen (secondary N) is 1. The molecule has 0 spiro atoms. The lowest BCUT2D eigenvalue weighted by Gasteiger charge is -2.18. The zero-order chi connectivity index (χ0) is 17.8. The van der Waals surface area contributed by atoms with E-state index in [9.17, 15) is 14.4 Å². The van der Waals surface area contributed by atoms with E-state index >= 15 is 0 Å². The van der Waals surface area contributed by atoms with Crippen molar-refractivity contribution >= 4 is 5.97 Å². The van der Waals surface area contributed by atoms with E-state index in [0.717, 1.165) is 5.56 Å². The Morgan fingerprint density at radius 2 is 2.04 bits per heavy atom. The highest BCUT2D eigenvalue weighted by atomic mass is 19.1. The number of methoxy groups -OCH3 is 1. The van der Waals surface area contributed by atoms with Crippen molar-refractivity contribution in [3.05, 3.63) is 71.0 Å². The maximum atomic E-state index is 14.4. The number of likely N-dealkylation sites (tertiary alicyclic amines) is 1. The summed E-state index contributed by atoms with van der Waals surface area (Å²) in [5.74, 6) is -1.16. The van der Waals surface area contributed by atoms with Crippen LogP contribution < -0.4 is 5.48 Å². The van der Waals surface area contributed by atoms with Gasteiger partial charge in [-0.2, -0.15) is 0 Å². The van der Waals surface area contributed by atoms with E-state index in [0.29, 0.717) is 30.8 Å². The van der Waals surface area contributed by atoms with Crippen LogP contribution in [0, 0.1) is 5.82 Å². The van der Waals surface area contributed by atoms with Crippen LogP contribution >= 0.6 is 0 Å². The number of nitrogens with zero attached hydrogens (tertiary/aromatic N) is 1. The number of benzene rings is 2. The van der Waals surface area contributed by atoms with Crippen LogP contribution in [0.5, 0.6) is 0 Å². The third-order valence-corrected chi connectivity index (χ3v) is 4.63. The predicted octanol–water partition coefficient (Wildman–Crippen LogP) is 2.56. The number of hydrogen-bond acceptors (Lipinski definition) is 5. The molecule has 3 rings (SSSR count). The highest BCUT2D eigenvalue weighted by molar-refractivity contribution is 5.89. The minimum absolute atomic E-state index is 0.265. The summed E-state index contributed by atoms with van der Waals surface area (Å²) >= 11 is 0. The molecule has 0 aliphatic carbocycles. The van der Waals surface area contributed by atoms with Crippen LogP contribution in [0.1, 0.15) is 27.4 Å². The van der Waals surface area contributed by atoms with Crippen LogP contribution in [0.15, 0.2) is 48.5 Å². The van der Waals surface area contributed by atoms with Crippen molar-refractivity contribution in [2.24, 2.45) is 0 Å². The highest BCUT2D eigenvalue weighted by Crippen LogP contribution is 2.31.